The van der Waals surface area contributed by atoms with Crippen LogP contribution >= 0.6 is 0 Å². The molecule has 1 aromatic carbocycles. The van der Waals surface area contributed by atoms with Gasteiger partial charge in [-0.3, -0.25) is 4.79 Å². The summed E-state index contributed by atoms with van der Waals surface area (Å²) < 4.78 is 10.2. The molecule has 1 amide bonds. The number of carbonyl (C=O) groups excluding carboxylic acids is 3. The molecule has 1 aromatic rings. The normalized spacial score (nSPS) is 12.0. The Morgan fingerprint density at radius 1 is 1.16 bits per heavy atom. The summed E-state index contributed by atoms with van der Waals surface area (Å²) in [6.07, 6.45) is -0.0910. The van der Waals surface area contributed by atoms with Gasteiger partial charge in [-0.15, -0.1) is 0 Å². The highest BCUT2D eigenvalue weighted by atomic mass is 16.6. The third-order valence-electron chi connectivity index (χ3n) is 3.05. The molecular weight excluding hydrogens is 322 g/mol. The van der Waals surface area contributed by atoms with E-state index in [0.29, 0.717) is 5.56 Å². The molecule has 1 N–H and O–H groups in total. The summed E-state index contributed by atoms with van der Waals surface area (Å²) in [5.74, 6) is -1.68. The van der Waals surface area contributed by atoms with E-state index < -0.39 is 29.5 Å². The molecule has 0 radical (unpaired) electrons. The molecule has 25 heavy (non-hydrogen) atoms. The van der Waals surface area contributed by atoms with Crippen molar-refractivity contribution in [1.82, 2.24) is 5.32 Å². The van der Waals surface area contributed by atoms with Crippen molar-refractivity contribution in [1.29, 1.82) is 0 Å². The molecule has 6 heteroatoms. The van der Waals surface area contributed by atoms with Gasteiger partial charge in [0.15, 0.2) is 0 Å². The van der Waals surface area contributed by atoms with E-state index >= 15 is 0 Å². The molecule has 0 aliphatic carbocycles. The zero-order chi connectivity index (χ0) is 19.0. The van der Waals surface area contributed by atoms with Gasteiger partial charge in [-0.1, -0.05) is 24.8 Å². The standard InChI is InChI=1S/C19H25NO5/c1-6-24-17(22)13(2)12-15(18(23)25-19(3,4)5)20-16(21)14-10-8-7-9-11-14/h7-11,15H,2,6,12H2,1,3-5H3,(H,20,21)/t15-/m0/s1. The number of esters is 2. The fourth-order valence-electron chi connectivity index (χ4n) is 1.96. The molecule has 0 spiro atoms. The van der Waals surface area contributed by atoms with E-state index in [1.807, 2.05) is 0 Å². The van der Waals surface area contributed by atoms with Crippen molar-refractivity contribution in [3.63, 3.8) is 0 Å². The van der Waals surface area contributed by atoms with Gasteiger partial charge in [-0.25, -0.2) is 9.59 Å². The Balaban J connectivity index is 2.90. The molecule has 1 atom stereocenters. The third kappa shape index (κ3) is 7.20. The van der Waals surface area contributed by atoms with Crippen molar-refractivity contribution in [2.45, 2.75) is 45.8 Å². The monoisotopic (exact) mass is 347 g/mol. The van der Waals surface area contributed by atoms with E-state index in [1.165, 1.54) is 0 Å². The van der Waals surface area contributed by atoms with Crippen molar-refractivity contribution in [3.8, 4) is 0 Å². The molecule has 6 nitrogen and oxygen atoms in total. The van der Waals surface area contributed by atoms with E-state index in [1.54, 1.807) is 58.0 Å². The maximum atomic E-state index is 12.4. The van der Waals surface area contributed by atoms with Crippen LogP contribution in [0.25, 0.3) is 0 Å². The zero-order valence-corrected chi connectivity index (χ0v) is 15.1. The first-order valence-corrected chi connectivity index (χ1v) is 8.07. The highest BCUT2D eigenvalue weighted by molar-refractivity contribution is 5.97. The van der Waals surface area contributed by atoms with E-state index in [0.717, 1.165) is 0 Å². The lowest BCUT2D eigenvalue weighted by Crippen LogP contribution is -2.44. The Morgan fingerprint density at radius 3 is 2.28 bits per heavy atom. The lowest BCUT2D eigenvalue weighted by atomic mass is 10.1. The predicted octanol–water partition coefficient (Wildman–Crippen LogP) is 2.64. The van der Waals surface area contributed by atoms with Crippen molar-refractivity contribution in [2.24, 2.45) is 0 Å². The highest BCUT2D eigenvalue weighted by Gasteiger charge is 2.29. The van der Waals surface area contributed by atoms with Crippen molar-refractivity contribution in [2.75, 3.05) is 6.61 Å². The number of carbonyl (C=O) groups is 3. The number of amides is 1. The molecule has 0 saturated heterocycles. The molecule has 1 rings (SSSR count). The lowest BCUT2D eigenvalue weighted by molar-refractivity contribution is -0.157. The van der Waals surface area contributed by atoms with Crippen LogP contribution in [0.4, 0.5) is 0 Å². The Morgan fingerprint density at radius 2 is 1.76 bits per heavy atom. The Labute approximate surface area is 148 Å². The van der Waals surface area contributed by atoms with Gasteiger partial charge in [-0.2, -0.15) is 0 Å². The van der Waals surface area contributed by atoms with E-state index in [9.17, 15) is 14.4 Å². The quantitative estimate of drug-likeness (QED) is 0.606. The van der Waals surface area contributed by atoms with Crippen LogP contribution in [0.3, 0.4) is 0 Å². The fraction of sp³-hybridized carbons (Fsp3) is 0.421. The summed E-state index contributed by atoms with van der Waals surface area (Å²) in [7, 11) is 0. The molecule has 0 aliphatic heterocycles. The molecule has 0 aliphatic rings. The first-order valence-electron chi connectivity index (χ1n) is 8.07. The van der Waals surface area contributed by atoms with Gasteiger partial charge < -0.3 is 14.8 Å². The molecule has 0 aromatic heterocycles. The topological polar surface area (TPSA) is 81.7 Å². The van der Waals surface area contributed by atoms with Crippen LogP contribution in [0.5, 0.6) is 0 Å². The summed E-state index contributed by atoms with van der Waals surface area (Å²) in [4.78, 5) is 36.5. The first-order chi connectivity index (χ1) is 11.6. The number of ether oxygens (including phenoxy) is 2. The second-order valence-corrected chi connectivity index (χ2v) is 6.45. The Kier molecular flexibility index (Phi) is 7.36. The molecule has 136 valence electrons. The van der Waals surface area contributed by atoms with E-state index in [2.05, 4.69) is 11.9 Å². The SMILES string of the molecule is C=C(C[C@H](NC(=O)c1ccccc1)C(=O)OC(C)(C)C)C(=O)OCC. The van der Waals surface area contributed by atoms with Crippen LogP contribution in [-0.4, -0.2) is 36.1 Å². The number of rotatable bonds is 7. The molecular formula is C19H25NO5. The van der Waals surface area contributed by atoms with Gasteiger partial charge in [0, 0.05) is 17.6 Å². The first kappa shape index (κ1) is 20.4. The Hall–Kier alpha value is -2.63. The largest absolute Gasteiger partial charge is 0.463 e. The minimum absolute atomic E-state index is 0.0890. The third-order valence-corrected chi connectivity index (χ3v) is 3.05. The van der Waals surface area contributed by atoms with Crippen LogP contribution in [0, 0.1) is 0 Å². The van der Waals surface area contributed by atoms with Crippen LogP contribution in [0.15, 0.2) is 42.5 Å². The second-order valence-electron chi connectivity index (χ2n) is 6.45. The lowest BCUT2D eigenvalue weighted by Gasteiger charge is -2.25. The fourth-order valence-corrected chi connectivity index (χ4v) is 1.96. The number of hydrogen-bond donors (Lipinski definition) is 1. The Bertz CT molecular complexity index is 631. The number of hydrogen-bond acceptors (Lipinski definition) is 5. The van der Waals surface area contributed by atoms with Gasteiger partial charge in [0.2, 0.25) is 0 Å². The van der Waals surface area contributed by atoms with Gasteiger partial charge >= 0.3 is 11.9 Å². The maximum absolute atomic E-state index is 12.4. The van der Waals surface area contributed by atoms with E-state index in [4.69, 9.17) is 9.47 Å². The summed E-state index contributed by atoms with van der Waals surface area (Å²) in [5.41, 5.74) is -0.234. The maximum Gasteiger partial charge on any atom is 0.333 e. The zero-order valence-electron chi connectivity index (χ0n) is 15.1. The van der Waals surface area contributed by atoms with Crippen LogP contribution in [-0.2, 0) is 19.1 Å². The average Bonchev–Trinajstić information content (AvgIpc) is 2.53. The van der Waals surface area contributed by atoms with Crippen molar-refractivity contribution >= 4 is 17.8 Å². The van der Waals surface area contributed by atoms with Crippen LogP contribution in [0.1, 0.15) is 44.5 Å². The summed E-state index contributed by atoms with van der Waals surface area (Å²) in [6.45, 7) is 10.7. The second kappa shape index (κ2) is 9.01. The molecule has 0 unspecified atom stereocenters. The molecule has 0 saturated carbocycles. The predicted molar refractivity (Wildman–Crippen MR) is 93.9 cm³/mol. The van der Waals surface area contributed by atoms with Crippen molar-refractivity contribution in [3.05, 3.63) is 48.0 Å². The van der Waals surface area contributed by atoms with Gasteiger partial charge in [-0.05, 0) is 39.8 Å². The van der Waals surface area contributed by atoms with Gasteiger partial charge in [0.05, 0.1) is 6.61 Å². The molecule has 0 bridgehead atoms. The van der Waals surface area contributed by atoms with Gasteiger partial charge in [0.1, 0.15) is 11.6 Å². The molecule has 0 heterocycles. The van der Waals surface area contributed by atoms with Crippen LogP contribution < -0.4 is 5.32 Å². The van der Waals surface area contributed by atoms with E-state index in [-0.39, 0.29) is 18.6 Å². The summed E-state index contributed by atoms with van der Waals surface area (Å²) >= 11 is 0. The minimum atomic E-state index is -1.04. The smallest absolute Gasteiger partial charge is 0.333 e. The average molecular weight is 347 g/mol. The minimum Gasteiger partial charge on any atom is -0.463 e. The van der Waals surface area contributed by atoms with Crippen LogP contribution in [0.2, 0.25) is 0 Å². The van der Waals surface area contributed by atoms with Crippen molar-refractivity contribution < 1.29 is 23.9 Å². The highest BCUT2D eigenvalue weighted by Crippen LogP contribution is 2.14. The summed E-state index contributed by atoms with van der Waals surface area (Å²) in [6, 6.07) is 7.43. The number of benzene rings is 1. The number of nitrogens with one attached hydrogen (secondary N) is 1. The van der Waals surface area contributed by atoms with Gasteiger partial charge in [0.25, 0.3) is 5.91 Å². The molecule has 0 fully saturated rings. The summed E-state index contributed by atoms with van der Waals surface area (Å²) in [5, 5.41) is 2.60.